The molecule has 0 unspecified atom stereocenters. The van der Waals surface area contributed by atoms with Gasteiger partial charge in [0.2, 0.25) is 0 Å². The monoisotopic (exact) mass is 462 g/mol. The summed E-state index contributed by atoms with van der Waals surface area (Å²) < 4.78 is 49.9. The second-order valence-corrected chi connectivity index (χ2v) is 8.87. The van der Waals surface area contributed by atoms with Crippen LogP contribution >= 0.6 is 0 Å². The summed E-state index contributed by atoms with van der Waals surface area (Å²) in [5, 5.41) is 8.06. The minimum absolute atomic E-state index is 0.197. The largest absolute Gasteiger partial charge is 0.389 e. The highest BCUT2D eigenvalue weighted by Gasteiger charge is 2.33. The Balaban J connectivity index is 0.000000837. The van der Waals surface area contributed by atoms with Gasteiger partial charge in [-0.15, -0.1) is 0 Å². The maximum atomic E-state index is 12.5. The first-order chi connectivity index (χ1) is 15.3. The van der Waals surface area contributed by atoms with Crippen molar-refractivity contribution >= 4 is 0 Å². The SMILES string of the molecule is CCOC.CNCCN(C)Cc1nn2c(c1C1CCC(CCC(F)(F)F)CC1)COCC2. The zero-order valence-electron chi connectivity index (χ0n) is 20.1. The number of ether oxygens (including phenoxy) is 2. The van der Waals surface area contributed by atoms with E-state index in [0.29, 0.717) is 19.1 Å². The topological polar surface area (TPSA) is 51.5 Å². The van der Waals surface area contributed by atoms with E-state index in [1.807, 2.05) is 14.0 Å². The number of halogens is 3. The van der Waals surface area contributed by atoms with Crippen molar-refractivity contribution in [1.29, 1.82) is 0 Å². The van der Waals surface area contributed by atoms with Crippen molar-refractivity contribution in [2.45, 2.75) is 77.2 Å². The molecule has 1 aromatic rings. The van der Waals surface area contributed by atoms with Crippen molar-refractivity contribution in [2.24, 2.45) is 5.92 Å². The molecule has 1 fully saturated rings. The van der Waals surface area contributed by atoms with E-state index in [9.17, 15) is 13.2 Å². The van der Waals surface area contributed by atoms with Crippen LogP contribution in [0.4, 0.5) is 13.2 Å². The lowest BCUT2D eigenvalue weighted by Gasteiger charge is -2.30. The summed E-state index contributed by atoms with van der Waals surface area (Å²) in [6, 6.07) is 0. The average molecular weight is 463 g/mol. The third kappa shape index (κ3) is 8.65. The summed E-state index contributed by atoms with van der Waals surface area (Å²) >= 11 is 0. The van der Waals surface area contributed by atoms with Gasteiger partial charge in [0, 0.05) is 45.3 Å². The fraction of sp³-hybridized carbons (Fsp3) is 0.870. The van der Waals surface area contributed by atoms with Gasteiger partial charge in [-0.3, -0.25) is 9.58 Å². The van der Waals surface area contributed by atoms with Gasteiger partial charge in [-0.2, -0.15) is 18.3 Å². The predicted molar refractivity (Wildman–Crippen MR) is 120 cm³/mol. The van der Waals surface area contributed by atoms with Gasteiger partial charge in [0.25, 0.3) is 0 Å². The summed E-state index contributed by atoms with van der Waals surface area (Å²) in [6.45, 7) is 7.50. The van der Waals surface area contributed by atoms with Crippen molar-refractivity contribution < 1.29 is 22.6 Å². The zero-order chi connectivity index (χ0) is 23.6. The standard InChI is InChI=1S/C20H33F3N4O.C3H8O/c1-24-9-10-26(2)13-17-19(18-14-28-12-11-27(18)25-17)16-5-3-15(4-6-16)7-8-20(21,22)23;1-3-4-2/h15-16,24H,3-14H2,1-2H3;3H2,1-2H3. The Morgan fingerprint density at radius 1 is 1.25 bits per heavy atom. The quantitative estimate of drug-likeness (QED) is 0.592. The van der Waals surface area contributed by atoms with Crippen LogP contribution in [-0.2, 0) is 29.2 Å². The number of alkyl halides is 3. The van der Waals surface area contributed by atoms with Crippen LogP contribution in [0.1, 0.15) is 68.3 Å². The number of nitrogens with zero attached hydrogens (tertiary/aromatic N) is 3. The Labute approximate surface area is 190 Å². The highest BCUT2D eigenvalue weighted by Crippen LogP contribution is 2.41. The average Bonchev–Trinajstić information content (AvgIpc) is 3.14. The van der Waals surface area contributed by atoms with Crippen molar-refractivity contribution in [2.75, 3.05) is 47.5 Å². The van der Waals surface area contributed by atoms with Gasteiger partial charge in [-0.25, -0.2) is 0 Å². The van der Waals surface area contributed by atoms with Gasteiger partial charge in [0.05, 0.1) is 31.1 Å². The fourth-order valence-corrected chi connectivity index (χ4v) is 4.56. The number of aromatic nitrogens is 2. The Kier molecular flexibility index (Phi) is 11.4. The molecule has 0 aromatic carbocycles. The molecule has 1 aromatic heterocycles. The van der Waals surface area contributed by atoms with E-state index in [1.54, 1.807) is 7.11 Å². The minimum atomic E-state index is -4.04. The molecular weight excluding hydrogens is 421 g/mol. The van der Waals surface area contributed by atoms with Gasteiger partial charge in [0.1, 0.15) is 0 Å². The molecule has 1 aliphatic heterocycles. The van der Waals surface area contributed by atoms with Crippen LogP contribution in [0, 0.1) is 5.92 Å². The lowest BCUT2D eigenvalue weighted by molar-refractivity contribution is -0.138. The van der Waals surface area contributed by atoms with Gasteiger partial charge in [-0.1, -0.05) is 0 Å². The molecule has 0 bridgehead atoms. The van der Waals surface area contributed by atoms with Crippen molar-refractivity contribution in [3.63, 3.8) is 0 Å². The second-order valence-electron chi connectivity index (χ2n) is 8.87. The van der Waals surface area contributed by atoms with E-state index in [2.05, 4.69) is 26.7 Å². The van der Waals surface area contributed by atoms with Crippen LogP contribution in [0.25, 0.3) is 0 Å². The van der Waals surface area contributed by atoms with E-state index in [1.165, 1.54) is 11.3 Å². The van der Waals surface area contributed by atoms with E-state index in [4.69, 9.17) is 9.84 Å². The third-order valence-electron chi connectivity index (χ3n) is 6.40. The van der Waals surface area contributed by atoms with Crippen LogP contribution in [0.2, 0.25) is 0 Å². The maximum absolute atomic E-state index is 12.5. The summed E-state index contributed by atoms with van der Waals surface area (Å²) in [5.41, 5.74) is 3.62. The maximum Gasteiger partial charge on any atom is 0.389 e. The third-order valence-corrected chi connectivity index (χ3v) is 6.40. The minimum Gasteiger partial charge on any atom is -0.385 e. The first-order valence-electron chi connectivity index (χ1n) is 11.8. The first-order valence-corrected chi connectivity index (χ1v) is 11.8. The van der Waals surface area contributed by atoms with Crippen molar-refractivity contribution in [3.8, 4) is 0 Å². The Bertz CT molecular complexity index is 656. The first kappa shape index (κ1) is 27.1. The summed E-state index contributed by atoms with van der Waals surface area (Å²) in [5.74, 6) is 0.586. The molecule has 0 atom stereocenters. The number of hydrogen-bond donors (Lipinski definition) is 1. The van der Waals surface area contributed by atoms with Crippen LogP contribution in [0.15, 0.2) is 0 Å². The summed E-state index contributed by atoms with van der Waals surface area (Å²) in [6.07, 6.45) is -0.762. The predicted octanol–water partition coefficient (Wildman–Crippen LogP) is 4.33. The molecule has 32 heavy (non-hydrogen) atoms. The number of hydrogen-bond acceptors (Lipinski definition) is 5. The molecular formula is C23H41F3N4O2. The molecule has 2 aliphatic rings. The van der Waals surface area contributed by atoms with E-state index in [0.717, 1.165) is 64.2 Å². The number of nitrogens with one attached hydrogen (secondary N) is 1. The summed E-state index contributed by atoms with van der Waals surface area (Å²) in [7, 11) is 5.73. The van der Waals surface area contributed by atoms with Gasteiger partial charge < -0.3 is 14.8 Å². The molecule has 0 amide bonds. The van der Waals surface area contributed by atoms with Crippen LogP contribution < -0.4 is 5.32 Å². The molecule has 3 rings (SSSR count). The number of likely N-dealkylation sites (N-methyl/N-ethyl adjacent to an activating group) is 2. The fourth-order valence-electron chi connectivity index (χ4n) is 4.56. The highest BCUT2D eigenvalue weighted by molar-refractivity contribution is 5.31. The van der Waals surface area contributed by atoms with Crippen molar-refractivity contribution in [3.05, 3.63) is 17.0 Å². The van der Waals surface area contributed by atoms with E-state index >= 15 is 0 Å². The molecule has 1 saturated carbocycles. The Hall–Kier alpha value is -1.16. The number of rotatable bonds is 9. The Morgan fingerprint density at radius 2 is 1.94 bits per heavy atom. The highest BCUT2D eigenvalue weighted by atomic mass is 19.4. The Morgan fingerprint density at radius 3 is 2.53 bits per heavy atom. The molecule has 2 heterocycles. The number of fused-ring (bicyclic) bond motifs is 1. The van der Waals surface area contributed by atoms with Gasteiger partial charge in [-0.05, 0) is 65.0 Å². The number of methoxy groups -OCH3 is 1. The molecule has 0 radical (unpaired) electrons. The smallest absolute Gasteiger partial charge is 0.385 e. The molecule has 0 spiro atoms. The zero-order valence-corrected chi connectivity index (χ0v) is 20.1. The molecule has 9 heteroatoms. The van der Waals surface area contributed by atoms with E-state index < -0.39 is 12.6 Å². The molecule has 1 N–H and O–H groups in total. The lowest BCUT2D eigenvalue weighted by atomic mass is 9.76. The van der Waals surface area contributed by atoms with Crippen LogP contribution in [0.5, 0.6) is 0 Å². The second kappa shape index (κ2) is 13.5. The molecule has 6 nitrogen and oxygen atoms in total. The van der Waals surface area contributed by atoms with Gasteiger partial charge >= 0.3 is 6.18 Å². The van der Waals surface area contributed by atoms with Crippen LogP contribution in [0.3, 0.4) is 0 Å². The summed E-state index contributed by atoms with van der Waals surface area (Å²) in [4.78, 5) is 2.27. The van der Waals surface area contributed by atoms with Crippen LogP contribution in [-0.4, -0.2) is 68.4 Å². The molecule has 0 saturated heterocycles. The lowest BCUT2D eigenvalue weighted by Crippen LogP contribution is -2.27. The molecule has 1 aliphatic carbocycles. The molecule has 186 valence electrons. The van der Waals surface area contributed by atoms with Gasteiger partial charge in [0.15, 0.2) is 0 Å². The normalized spacial score (nSPS) is 21.2. The van der Waals surface area contributed by atoms with E-state index in [-0.39, 0.29) is 12.3 Å². The van der Waals surface area contributed by atoms with Crippen molar-refractivity contribution in [1.82, 2.24) is 20.0 Å².